The molecule has 0 unspecified atom stereocenters. The van der Waals surface area contributed by atoms with Crippen LogP contribution in [-0.2, 0) is 0 Å². The van der Waals surface area contributed by atoms with Gasteiger partial charge < -0.3 is 10.6 Å². The van der Waals surface area contributed by atoms with Gasteiger partial charge in [0, 0.05) is 30.7 Å². The van der Waals surface area contributed by atoms with Crippen molar-refractivity contribution < 1.29 is 0 Å². The van der Waals surface area contributed by atoms with Crippen LogP contribution in [0.1, 0.15) is 11.6 Å². The van der Waals surface area contributed by atoms with Crippen LogP contribution in [0.3, 0.4) is 0 Å². The molecule has 2 rings (SSSR count). The summed E-state index contributed by atoms with van der Waals surface area (Å²) in [6, 6.07) is 3.70. The highest BCUT2D eigenvalue weighted by Crippen LogP contribution is 2.33. The van der Waals surface area contributed by atoms with E-state index in [0.717, 1.165) is 25.2 Å². The number of rotatable bonds is 1. The first-order chi connectivity index (χ1) is 7.18. The van der Waals surface area contributed by atoms with Crippen LogP contribution in [0.25, 0.3) is 0 Å². The van der Waals surface area contributed by atoms with Crippen molar-refractivity contribution in [2.45, 2.75) is 6.04 Å². The van der Waals surface area contributed by atoms with E-state index in [4.69, 9.17) is 34.8 Å². The maximum Gasteiger partial charge on any atom is 0.0641 e. The van der Waals surface area contributed by atoms with Crippen molar-refractivity contribution in [2.24, 2.45) is 0 Å². The van der Waals surface area contributed by atoms with Crippen molar-refractivity contribution in [2.75, 3.05) is 19.6 Å². The number of piperazine rings is 1. The van der Waals surface area contributed by atoms with Crippen molar-refractivity contribution in [1.82, 2.24) is 10.6 Å². The summed E-state index contributed by atoms with van der Waals surface area (Å²) in [6.45, 7) is 2.74. The number of hydrogen-bond acceptors (Lipinski definition) is 2. The highest BCUT2D eigenvalue weighted by atomic mass is 35.5. The van der Waals surface area contributed by atoms with Gasteiger partial charge in [-0.1, -0.05) is 34.8 Å². The Morgan fingerprint density at radius 1 is 1.12 bits per heavy atom. The lowest BCUT2D eigenvalue weighted by atomic mass is 10.1. The molecule has 0 aromatic heterocycles. The lowest BCUT2D eigenvalue weighted by molar-refractivity contribution is 0.430. The fourth-order valence-corrected chi connectivity index (χ4v) is 2.45. The normalized spacial score (nSPS) is 20.3. The van der Waals surface area contributed by atoms with E-state index < -0.39 is 0 Å². The molecule has 1 heterocycles. The molecule has 0 amide bonds. The van der Waals surface area contributed by atoms with E-state index in [1.165, 1.54) is 0 Å². The molecule has 0 aliphatic carbocycles. The minimum Gasteiger partial charge on any atom is -0.314 e. The zero-order chi connectivity index (χ0) is 10.8. The van der Waals surface area contributed by atoms with Gasteiger partial charge in [-0.3, -0.25) is 0 Å². The molecule has 0 spiro atoms. The van der Waals surface area contributed by atoms with Crippen LogP contribution in [0.15, 0.2) is 12.1 Å². The molecule has 0 saturated carbocycles. The summed E-state index contributed by atoms with van der Waals surface area (Å²) in [4.78, 5) is 0. The molecule has 1 saturated heterocycles. The number of benzene rings is 1. The standard InChI is InChI=1S/C10H11Cl3N2.ClH/c11-6-3-7(10(13)8(12)4-6)9-5-14-1-2-15-9;/h3-4,9,14-15H,1-2,5H2;1H/t9-;/m0./s1. The predicted molar refractivity (Wildman–Crippen MR) is 72.3 cm³/mol. The predicted octanol–water partition coefficient (Wildman–Crippen LogP) is 3.30. The molecule has 1 aliphatic heterocycles. The average Bonchev–Trinajstić information content (AvgIpc) is 2.24. The third-order valence-electron chi connectivity index (χ3n) is 2.44. The molecule has 1 aliphatic rings. The second-order valence-electron chi connectivity index (χ2n) is 3.50. The first kappa shape index (κ1) is 14.4. The van der Waals surface area contributed by atoms with E-state index in [0.29, 0.717) is 15.1 Å². The molecule has 0 bridgehead atoms. The van der Waals surface area contributed by atoms with E-state index in [2.05, 4.69) is 10.6 Å². The molecule has 16 heavy (non-hydrogen) atoms. The quantitative estimate of drug-likeness (QED) is 0.778. The summed E-state index contributed by atoms with van der Waals surface area (Å²) in [5.41, 5.74) is 0.960. The highest BCUT2D eigenvalue weighted by Gasteiger charge is 2.19. The fraction of sp³-hybridized carbons (Fsp3) is 0.400. The van der Waals surface area contributed by atoms with Gasteiger partial charge in [-0.15, -0.1) is 12.4 Å². The summed E-state index contributed by atoms with van der Waals surface area (Å²) < 4.78 is 0. The minimum absolute atomic E-state index is 0. The Hall–Kier alpha value is 0.300. The molecule has 1 aromatic carbocycles. The van der Waals surface area contributed by atoms with Crippen molar-refractivity contribution >= 4 is 47.2 Å². The smallest absolute Gasteiger partial charge is 0.0641 e. The molecule has 1 fully saturated rings. The Kier molecular flexibility index (Phi) is 5.65. The molecule has 2 N–H and O–H groups in total. The molecule has 0 radical (unpaired) electrons. The number of hydrogen-bond donors (Lipinski definition) is 2. The van der Waals surface area contributed by atoms with Gasteiger partial charge in [-0.25, -0.2) is 0 Å². The zero-order valence-electron chi connectivity index (χ0n) is 8.40. The summed E-state index contributed by atoms with van der Waals surface area (Å²) >= 11 is 18.1. The molecule has 2 nitrogen and oxygen atoms in total. The van der Waals surface area contributed by atoms with E-state index >= 15 is 0 Å². The monoisotopic (exact) mass is 300 g/mol. The first-order valence-corrected chi connectivity index (χ1v) is 5.90. The Morgan fingerprint density at radius 3 is 2.50 bits per heavy atom. The van der Waals surface area contributed by atoms with Crippen molar-refractivity contribution in [3.05, 3.63) is 32.8 Å². The first-order valence-electron chi connectivity index (χ1n) is 4.77. The minimum atomic E-state index is 0. The Balaban J connectivity index is 0.00000128. The van der Waals surface area contributed by atoms with Gasteiger partial charge in [0.1, 0.15) is 0 Å². The second kappa shape index (κ2) is 6.29. The highest BCUT2D eigenvalue weighted by molar-refractivity contribution is 6.43. The molecular formula is C10H12Cl4N2. The summed E-state index contributed by atoms with van der Waals surface area (Å²) in [6.07, 6.45) is 0. The van der Waals surface area contributed by atoms with Gasteiger partial charge in [-0.2, -0.15) is 0 Å². The van der Waals surface area contributed by atoms with Crippen LogP contribution in [0.5, 0.6) is 0 Å². The maximum absolute atomic E-state index is 6.14. The summed E-state index contributed by atoms with van der Waals surface area (Å²) in [7, 11) is 0. The van der Waals surface area contributed by atoms with Gasteiger partial charge in [0.2, 0.25) is 0 Å². The van der Waals surface area contributed by atoms with Gasteiger partial charge >= 0.3 is 0 Å². The fourth-order valence-electron chi connectivity index (χ4n) is 1.70. The van der Waals surface area contributed by atoms with Crippen LogP contribution < -0.4 is 10.6 Å². The van der Waals surface area contributed by atoms with Crippen LogP contribution in [0, 0.1) is 0 Å². The number of nitrogens with one attached hydrogen (secondary N) is 2. The Morgan fingerprint density at radius 2 is 1.88 bits per heavy atom. The lowest BCUT2D eigenvalue weighted by Crippen LogP contribution is -2.42. The molecule has 6 heteroatoms. The average molecular weight is 302 g/mol. The third-order valence-corrected chi connectivity index (χ3v) is 3.47. The van der Waals surface area contributed by atoms with E-state index in [9.17, 15) is 0 Å². The summed E-state index contributed by atoms with van der Waals surface area (Å²) in [5.74, 6) is 0. The van der Waals surface area contributed by atoms with Gasteiger partial charge in [0.25, 0.3) is 0 Å². The third kappa shape index (κ3) is 3.16. The van der Waals surface area contributed by atoms with Crippen LogP contribution in [-0.4, -0.2) is 19.6 Å². The summed E-state index contributed by atoms with van der Waals surface area (Å²) in [5, 5.41) is 8.37. The number of halogens is 4. The second-order valence-corrected chi connectivity index (χ2v) is 4.72. The lowest BCUT2D eigenvalue weighted by Gasteiger charge is -2.26. The van der Waals surface area contributed by atoms with Crippen LogP contribution >= 0.6 is 47.2 Å². The van der Waals surface area contributed by atoms with Crippen LogP contribution in [0.4, 0.5) is 0 Å². The van der Waals surface area contributed by atoms with Gasteiger partial charge in [-0.05, 0) is 17.7 Å². The van der Waals surface area contributed by atoms with E-state index in [-0.39, 0.29) is 18.4 Å². The van der Waals surface area contributed by atoms with E-state index in [1.807, 2.05) is 6.07 Å². The maximum atomic E-state index is 6.14. The Bertz CT molecular complexity index is 364. The molecule has 1 atom stereocenters. The largest absolute Gasteiger partial charge is 0.314 e. The van der Waals surface area contributed by atoms with Crippen molar-refractivity contribution in [3.8, 4) is 0 Å². The van der Waals surface area contributed by atoms with Crippen LogP contribution in [0.2, 0.25) is 15.1 Å². The van der Waals surface area contributed by atoms with E-state index in [1.54, 1.807) is 6.07 Å². The molecule has 90 valence electrons. The van der Waals surface area contributed by atoms with Gasteiger partial charge in [0.15, 0.2) is 0 Å². The van der Waals surface area contributed by atoms with Gasteiger partial charge in [0.05, 0.1) is 10.0 Å². The molecule has 1 aromatic rings. The zero-order valence-corrected chi connectivity index (χ0v) is 11.5. The topological polar surface area (TPSA) is 24.1 Å². The van der Waals surface area contributed by atoms with Crippen molar-refractivity contribution in [1.29, 1.82) is 0 Å². The Labute approximate surface area is 116 Å². The SMILES string of the molecule is Cl.Clc1cc(Cl)c(Cl)c([C@@H]2CNCCN2)c1. The molecular weight excluding hydrogens is 290 g/mol. The van der Waals surface area contributed by atoms with Crippen molar-refractivity contribution in [3.63, 3.8) is 0 Å².